The molecule has 0 spiro atoms. The van der Waals surface area contributed by atoms with Crippen molar-refractivity contribution in [2.24, 2.45) is 5.73 Å². The molecule has 1 aliphatic rings. The largest absolute Gasteiger partial charge is 0.492 e. The summed E-state index contributed by atoms with van der Waals surface area (Å²) in [5, 5.41) is 0.588. The lowest BCUT2D eigenvalue weighted by molar-refractivity contribution is -0.130. The van der Waals surface area contributed by atoms with Crippen molar-refractivity contribution in [1.82, 2.24) is 4.90 Å². The lowest BCUT2D eigenvalue weighted by Gasteiger charge is -2.16. The number of ether oxygens (including phenoxy) is 1. The highest BCUT2D eigenvalue weighted by Gasteiger charge is 2.33. The first-order valence-corrected chi connectivity index (χ1v) is 8.98. The second-order valence-corrected chi connectivity index (χ2v) is 6.77. The number of nitrogens with zero attached hydrogens (tertiary/aromatic N) is 1. The van der Waals surface area contributed by atoms with Gasteiger partial charge >= 0.3 is 0 Å². The second kappa shape index (κ2) is 8.37. The molecule has 1 amide bonds. The lowest BCUT2D eigenvalue weighted by Crippen LogP contribution is -2.32. The zero-order valence-electron chi connectivity index (χ0n) is 14.1. The number of halogens is 1. The van der Waals surface area contributed by atoms with E-state index in [1.165, 1.54) is 5.56 Å². The molecule has 5 heteroatoms. The number of para-hydroxylation sites is 1. The van der Waals surface area contributed by atoms with Crippen LogP contribution in [0.2, 0.25) is 5.02 Å². The minimum atomic E-state index is -0.00859. The van der Waals surface area contributed by atoms with Crippen molar-refractivity contribution in [3.63, 3.8) is 0 Å². The second-order valence-electron chi connectivity index (χ2n) is 6.36. The van der Waals surface area contributed by atoms with Crippen molar-refractivity contribution in [1.29, 1.82) is 0 Å². The molecule has 2 aromatic rings. The first-order chi connectivity index (χ1) is 12.1. The van der Waals surface area contributed by atoms with Crippen molar-refractivity contribution in [2.75, 3.05) is 19.7 Å². The highest BCUT2D eigenvalue weighted by molar-refractivity contribution is 6.32. The predicted octanol–water partition coefficient (Wildman–Crippen LogP) is 3.45. The Morgan fingerprint density at radius 2 is 1.84 bits per heavy atom. The fourth-order valence-electron chi connectivity index (χ4n) is 3.21. The molecule has 0 bridgehead atoms. The van der Waals surface area contributed by atoms with Crippen LogP contribution in [0.25, 0.3) is 0 Å². The number of hydrogen-bond donors (Lipinski definition) is 1. The molecule has 0 aliphatic carbocycles. The Hall–Kier alpha value is -2.04. The van der Waals surface area contributed by atoms with Crippen LogP contribution in [0.15, 0.2) is 54.6 Å². The zero-order valence-corrected chi connectivity index (χ0v) is 14.9. The van der Waals surface area contributed by atoms with Crippen LogP contribution in [-0.4, -0.2) is 36.5 Å². The number of amides is 1. The van der Waals surface area contributed by atoms with Gasteiger partial charge in [-0.3, -0.25) is 4.79 Å². The first-order valence-electron chi connectivity index (χ1n) is 8.61. The van der Waals surface area contributed by atoms with Gasteiger partial charge in [-0.1, -0.05) is 54.1 Å². The number of likely N-dealkylation sites (tertiary alicyclic amines) is 1. The lowest BCUT2D eigenvalue weighted by atomic mass is 9.95. The highest BCUT2D eigenvalue weighted by Crippen LogP contribution is 2.27. The van der Waals surface area contributed by atoms with Gasteiger partial charge in [0.2, 0.25) is 5.91 Å². The predicted molar refractivity (Wildman–Crippen MR) is 99.9 cm³/mol. The van der Waals surface area contributed by atoms with Gasteiger partial charge in [0.05, 0.1) is 11.6 Å². The molecule has 0 unspecified atom stereocenters. The molecule has 1 heterocycles. The normalized spacial score (nSPS) is 19.8. The fraction of sp³-hybridized carbons (Fsp3) is 0.350. The SMILES string of the molecule is N[C@@H]1CN(C(=O)CCCOc2ccccc2Cl)C[C@H]1c1ccccc1. The summed E-state index contributed by atoms with van der Waals surface area (Å²) in [4.78, 5) is 14.3. The molecule has 4 nitrogen and oxygen atoms in total. The average Bonchev–Trinajstić information content (AvgIpc) is 3.02. The molecule has 1 saturated heterocycles. The minimum absolute atomic E-state index is 0.00859. The van der Waals surface area contributed by atoms with Gasteiger partial charge in [0, 0.05) is 31.5 Å². The molecule has 0 radical (unpaired) electrons. The van der Waals surface area contributed by atoms with E-state index < -0.39 is 0 Å². The van der Waals surface area contributed by atoms with E-state index in [-0.39, 0.29) is 17.9 Å². The molecule has 0 aromatic heterocycles. The van der Waals surface area contributed by atoms with Crippen molar-refractivity contribution < 1.29 is 9.53 Å². The van der Waals surface area contributed by atoms with Crippen molar-refractivity contribution in [3.05, 3.63) is 65.2 Å². The van der Waals surface area contributed by atoms with Crippen LogP contribution in [0, 0.1) is 0 Å². The van der Waals surface area contributed by atoms with Crippen LogP contribution >= 0.6 is 11.6 Å². The van der Waals surface area contributed by atoms with Crippen LogP contribution in [-0.2, 0) is 4.79 Å². The van der Waals surface area contributed by atoms with Gasteiger partial charge in [0.25, 0.3) is 0 Å². The Balaban J connectivity index is 1.45. The highest BCUT2D eigenvalue weighted by atomic mass is 35.5. The minimum Gasteiger partial charge on any atom is -0.492 e. The standard InChI is InChI=1S/C20H23ClN2O2/c21-17-9-4-5-10-19(17)25-12-6-11-20(24)23-13-16(18(22)14-23)15-7-2-1-3-8-15/h1-5,7-10,16,18H,6,11-14,22H2/t16-,18+/m0/s1. The van der Waals surface area contributed by atoms with Crippen molar-refractivity contribution in [2.45, 2.75) is 24.8 Å². The summed E-state index contributed by atoms with van der Waals surface area (Å²) in [6.45, 7) is 1.77. The third-order valence-electron chi connectivity index (χ3n) is 4.57. The maximum atomic E-state index is 12.4. The van der Waals surface area contributed by atoms with Crippen molar-refractivity contribution in [3.8, 4) is 5.75 Å². The Bertz CT molecular complexity index is 708. The van der Waals surface area contributed by atoms with Gasteiger partial charge in [0.1, 0.15) is 5.75 Å². The van der Waals surface area contributed by atoms with E-state index in [2.05, 4.69) is 12.1 Å². The van der Waals surface area contributed by atoms with Crippen LogP contribution < -0.4 is 10.5 Å². The summed E-state index contributed by atoms with van der Waals surface area (Å²) in [6, 6.07) is 17.5. The van der Waals surface area contributed by atoms with Gasteiger partial charge in [-0.05, 0) is 24.1 Å². The molecule has 25 heavy (non-hydrogen) atoms. The van der Waals surface area contributed by atoms with Crippen LogP contribution in [0.1, 0.15) is 24.3 Å². The van der Waals surface area contributed by atoms with E-state index >= 15 is 0 Å². The summed E-state index contributed by atoms with van der Waals surface area (Å²) in [6.07, 6.45) is 1.12. The molecule has 2 aromatic carbocycles. The molecule has 2 N–H and O–H groups in total. The molecule has 3 rings (SSSR count). The molecular formula is C20H23ClN2O2. The summed E-state index contributed by atoms with van der Waals surface area (Å²) in [5.74, 6) is 1.00. The summed E-state index contributed by atoms with van der Waals surface area (Å²) >= 11 is 6.05. The van der Waals surface area contributed by atoms with E-state index in [0.29, 0.717) is 43.3 Å². The smallest absolute Gasteiger partial charge is 0.222 e. The number of rotatable bonds is 6. The van der Waals surface area contributed by atoms with E-state index in [1.807, 2.05) is 41.3 Å². The summed E-state index contributed by atoms with van der Waals surface area (Å²) in [7, 11) is 0. The maximum Gasteiger partial charge on any atom is 0.222 e. The third kappa shape index (κ3) is 4.53. The Morgan fingerprint density at radius 1 is 1.12 bits per heavy atom. The quantitative estimate of drug-likeness (QED) is 0.804. The number of carbonyl (C=O) groups is 1. The van der Waals surface area contributed by atoms with E-state index in [4.69, 9.17) is 22.1 Å². The van der Waals surface area contributed by atoms with Crippen molar-refractivity contribution >= 4 is 17.5 Å². The number of carbonyl (C=O) groups excluding carboxylic acids is 1. The molecule has 1 fully saturated rings. The molecule has 0 saturated carbocycles. The Morgan fingerprint density at radius 3 is 2.60 bits per heavy atom. The number of benzene rings is 2. The molecular weight excluding hydrogens is 336 g/mol. The van der Waals surface area contributed by atoms with Gasteiger partial charge in [-0.15, -0.1) is 0 Å². The first kappa shape index (κ1) is 17.8. The average molecular weight is 359 g/mol. The Labute approximate surface area is 153 Å². The van der Waals surface area contributed by atoms with Gasteiger partial charge in [-0.2, -0.15) is 0 Å². The van der Waals surface area contributed by atoms with Crippen LogP contribution in [0.5, 0.6) is 5.75 Å². The van der Waals surface area contributed by atoms with E-state index in [9.17, 15) is 4.79 Å². The number of nitrogens with two attached hydrogens (primary N) is 1. The van der Waals surface area contributed by atoms with Gasteiger partial charge < -0.3 is 15.4 Å². The topological polar surface area (TPSA) is 55.6 Å². The van der Waals surface area contributed by atoms with Crippen LogP contribution in [0.4, 0.5) is 0 Å². The third-order valence-corrected chi connectivity index (χ3v) is 4.89. The van der Waals surface area contributed by atoms with E-state index in [0.717, 1.165) is 0 Å². The van der Waals surface area contributed by atoms with E-state index in [1.54, 1.807) is 6.07 Å². The zero-order chi connectivity index (χ0) is 17.6. The molecule has 132 valence electrons. The molecule has 1 aliphatic heterocycles. The van der Waals surface area contributed by atoms with Crippen LogP contribution in [0.3, 0.4) is 0 Å². The van der Waals surface area contributed by atoms with Gasteiger partial charge in [-0.25, -0.2) is 0 Å². The summed E-state index contributed by atoms with van der Waals surface area (Å²) in [5.41, 5.74) is 7.45. The van der Waals surface area contributed by atoms with Gasteiger partial charge in [0.15, 0.2) is 0 Å². The Kier molecular flexibility index (Phi) is 5.95. The summed E-state index contributed by atoms with van der Waals surface area (Å²) < 4.78 is 5.63. The monoisotopic (exact) mass is 358 g/mol. The fourth-order valence-corrected chi connectivity index (χ4v) is 3.40. The molecule has 2 atom stereocenters. The number of hydrogen-bond acceptors (Lipinski definition) is 3. The maximum absolute atomic E-state index is 12.4.